The molecule has 7 heteroatoms. The highest BCUT2D eigenvalue weighted by Gasteiger charge is 2.08. The molecule has 88 valence electrons. The highest BCUT2D eigenvalue weighted by molar-refractivity contribution is 6.32. The number of nitrogens with zero attached hydrogens (tertiary/aromatic N) is 3. The molecule has 0 radical (unpaired) electrons. The van der Waals surface area contributed by atoms with Gasteiger partial charge >= 0.3 is 0 Å². The molecular weight excluding hydrogens is 282 g/mol. The van der Waals surface area contributed by atoms with Gasteiger partial charge < -0.3 is 5.32 Å². The van der Waals surface area contributed by atoms with Gasteiger partial charge in [0.15, 0.2) is 11.0 Å². The largest absolute Gasteiger partial charge is 0.337 e. The Balaban J connectivity index is 2.37. The van der Waals surface area contributed by atoms with Crippen LogP contribution < -0.4 is 5.32 Å². The number of aromatic nitrogens is 3. The Morgan fingerprint density at radius 1 is 1.12 bits per heavy atom. The Morgan fingerprint density at radius 3 is 2.65 bits per heavy atom. The molecule has 0 spiro atoms. The van der Waals surface area contributed by atoms with E-state index in [1.54, 1.807) is 12.1 Å². The van der Waals surface area contributed by atoms with Crippen LogP contribution in [0.5, 0.6) is 0 Å². The first kappa shape index (κ1) is 12.4. The summed E-state index contributed by atoms with van der Waals surface area (Å²) in [6.45, 7) is 1.93. The Kier molecular flexibility index (Phi) is 3.66. The molecule has 0 aliphatic carbocycles. The highest BCUT2D eigenvalue weighted by atomic mass is 35.5. The minimum atomic E-state index is 0.0246. The average molecular weight is 290 g/mol. The first-order chi connectivity index (χ1) is 8.06. The van der Waals surface area contributed by atoms with Crippen LogP contribution in [0.25, 0.3) is 0 Å². The van der Waals surface area contributed by atoms with Crippen LogP contribution in [-0.2, 0) is 0 Å². The minimum absolute atomic E-state index is 0.0246. The topological polar surface area (TPSA) is 50.7 Å². The van der Waals surface area contributed by atoms with Crippen molar-refractivity contribution in [3.8, 4) is 0 Å². The second-order valence-corrected chi connectivity index (χ2v) is 4.44. The van der Waals surface area contributed by atoms with Gasteiger partial charge in [-0.15, -0.1) is 10.2 Å². The monoisotopic (exact) mass is 288 g/mol. The number of benzene rings is 1. The molecule has 4 nitrogen and oxygen atoms in total. The smallest absolute Gasteiger partial charge is 0.245 e. The molecule has 0 unspecified atom stereocenters. The molecule has 0 bridgehead atoms. The van der Waals surface area contributed by atoms with Crippen molar-refractivity contribution in [1.29, 1.82) is 0 Å². The molecular formula is C10H7Cl3N4. The predicted octanol–water partition coefficient (Wildman–Crippen LogP) is 3.88. The van der Waals surface area contributed by atoms with E-state index < -0.39 is 0 Å². The van der Waals surface area contributed by atoms with Crippen molar-refractivity contribution in [2.24, 2.45) is 0 Å². The molecule has 17 heavy (non-hydrogen) atoms. The lowest BCUT2D eigenvalue weighted by molar-refractivity contribution is 0.974. The van der Waals surface area contributed by atoms with E-state index in [4.69, 9.17) is 34.8 Å². The molecule has 2 rings (SSSR count). The predicted molar refractivity (Wildman–Crippen MR) is 69.3 cm³/mol. The van der Waals surface area contributed by atoms with E-state index in [9.17, 15) is 0 Å². The summed E-state index contributed by atoms with van der Waals surface area (Å²) < 4.78 is 0. The van der Waals surface area contributed by atoms with Gasteiger partial charge in [0, 0.05) is 10.7 Å². The number of hydrogen-bond donors (Lipinski definition) is 1. The molecule has 1 aromatic carbocycles. The molecule has 1 N–H and O–H groups in total. The van der Waals surface area contributed by atoms with Crippen LogP contribution in [-0.4, -0.2) is 15.2 Å². The van der Waals surface area contributed by atoms with Crippen LogP contribution in [0, 0.1) is 6.92 Å². The summed E-state index contributed by atoms with van der Waals surface area (Å²) in [6, 6.07) is 5.45. The van der Waals surface area contributed by atoms with Crippen LogP contribution in [0.15, 0.2) is 18.2 Å². The zero-order chi connectivity index (χ0) is 12.4. The summed E-state index contributed by atoms with van der Waals surface area (Å²) in [5.74, 6) is 0.344. The minimum Gasteiger partial charge on any atom is -0.337 e. The molecule has 2 aromatic rings. The van der Waals surface area contributed by atoms with Crippen LogP contribution in [0.4, 0.5) is 11.5 Å². The standard InChI is InChI=1S/C10H7Cl3N4/c1-5-2-3-6(11)4-7(5)14-9-8(12)16-17-10(13)15-9/h2-4H,1H3,(H,14,15,17). The van der Waals surface area contributed by atoms with Crippen LogP contribution in [0.1, 0.15) is 5.56 Å². The zero-order valence-electron chi connectivity index (χ0n) is 8.71. The molecule has 0 amide bonds. The third-order valence-corrected chi connectivity index (χ3v) is 2.72. The van der Waals surface area contributed by atoms with E-state index >= 15 is 0 Å². The first-order valence-corrected chi connectivity index (χ1v) is 5.78. The second kappa shape index (κ2) is 5.04. The number of halogens is 3. The van der Waals surface area contributed by atoms with Crippen molar-refractivity contribution in [1.82, 2.24) is 15.2 Å². The number of anilines is 2. The zero-order valence-corrected chi connectivity index (χ0v) is 11.0. The summed E-state index contributed by atoms with van der Waals surface area (Å²) in [5.41, 5.74) is 1.79. The van der Waals surface area contributed by atoms with Gasteiger partial charge in [-0.2, -0.15) is 4.98 Å². The van der Waals surface area contributed by atoms with Crippen molar-refractivity contribution in [2.45, 2.75) is 6.92 Å². The third kappa shape index (κ3) is 2.97. The van der Waals surface area contributed by atoms with E-state index in [1.807, 2.05) is 13.0 Å². The van der Waals surface area contributed by atoms with E-state index in [0.29, 0.717) is 10.8 Å². The summed E-state index contributed by atoms with van der Waals surface area (Å²) in [6.07, 6.45) is 0. The molecule has 0 saturated heterocycles. The van der Waals surface area contributed by atoms with Gasteiger partial charge in [0.05, 0.1) is 0 Å². The molecule has 0 fully saturated rings. The van der Waals surface area contributed by atoms with Gasteiger partial charge in [0.1, 0.15) is 0 Å². The van der Waals surface area contributed by atoms with Crippen molar-refractivity contribution < 1.29 is 0 Å². The number of hydrogen-bond acceptors (Lipinski definition) is 4. The summed E-state index contributed by atoms with van der Waals surface area (Å²) in [5, 5.41) is 11.0. The van der Waals surface area contributed by atoms with Crippen LogP contribution in [0.2, 0.25) is 15.5 Å². The lowest BCUT2D eigenvalue weighted by Crippen LogP contribution is -2.00. The molecule has 0 atom stereocenters. The Morgan fingerprint density at radius 2 is 1.88 bits per heavy atom. The highest BCUT2D eigenvalue weighted by Crippen LogP contribution is 2.26. The quantitative estimate of drug-likeness (QED) is 0.911. The number of rotatable bonds is 2. The van der Waals surface area contributed by atoms with Crippen molar-refractivity contribution in [2.75, 3.05) is 5.32 Å². The Labute approximate surface area is 113 Å². The number of nitrogens with one attached hydrogen (secondary N) is 1. The summed E-state index contributed by atoms with van der Waals surface area (Å²) in [7, 11) is 0. The maximum absolute atomic E-state index is 5.91. The van der Waals surface area contributed by atoms with Gasteiger partial charge in [0.2, 0.25) is 5.28 Å². The van der Waals surface area contributed by atoms with Crippen molar-refractivity contribution in [3.05, 3.63) is 39.2 Å². The maximum atomic E-state index is 5.91. The summed E-state index contributed by atoms with van der Waals surface area (Å²) >= 11 is 17.4. The van der Waals surface area contributed by atoms with E-state index in [1.165, 1.54) is 0 Å². The van der Waals surface area contributed by atoms with E-state index in [2.05, 4.69) is 20.5 Å². The normalized spacial score (nSPS) is 10.4. The molecule has 0 aliphatic rings. The molecule has 0 saturated carbocycles. The van der Waals surface area contributed by atoms with Gasteiger partial charge in [-0.1, -0.05) is 29.3 Å². The van der Waals surface area contributed by atoms with E-state index in [-0.39, 0.29) is 10.4 Å². The van der Waals surface area contributed by atoms with Gasteiger partial charge in [-0.25, -0.2) is 0 Å². The van der Waals surface area contributed by atoms with Gasteiger partial charge in [0.25, 0.3) is 0 Å². The molecule has 1 heterocycles. The molecule has 1 aromatic heterocycles. The first-order valence-electron chi connectivity index (χ1n) is 4.65. The fourth-order valence-corrected chi connectivity index (χ4v) is 1.65. The average Bonchev–Trinajstić information content (AvgIpc) is 2.28. The fourth-order valence-electron chi connectivity index (χ4n) is 1.23. The SMILES string of the molecule is Cc1ccc(Cl)cc1Nc1nc(Cl)nnc1Cl. The van der Waals surface area contributed by atoms with Gasteiger partial charge in [-0.05, 0) is 36.2 Å². The fraction of sp³-hybridized carbons (Fsp3) is 0.100. The van der Waals surface area contributed by atoms with Crippen molar-refractivity contribution in [3.63, 3.8) is 0 Å². The maximum Gasteiger partial charge on any atom is 0.245 e. The number of aryl methyl sites for hydroxylation is 1. The van der Waals surface area contributed by atoms with Crippen LogP contribution in [0.3, 0.4) is 0 Å². The second-order valence-electron chi connectivity index (χ2n) is 3.30. The lowest BCUT2D eigenvalue weighted by Gasteiger charge is -2.09. The lowest BCUT2D eigenvalue weighted by atomic mass is 10.2. The Bertz CT molecular complexity index is 510. The van der Waals surface area contributed by atoms with Crippen molar-refractivity contribution >= 4 is 46.3 Å². The Hall–Kier alpha value is -1.10. The summed E-state index contributed by atoms with van der Waals surface area (Å²) in [4.78, 5) is 3.94. The third-order valence-electron chi connectivity index (χ3n) is 2.07. The molecule has 0 aliphatic heterocycles. The van der Waals surface area contributed by atoms with E-state index in [0.717, 1.165) is 11.3 Å². The van der Waals surface area contributed by atoms with Crippen LogP contribution >= 0.6 is 34.8 Å². The van der Waals surface area contributed by atoms with Gasteiger partial charge in [-0.3, -0.25) is 0 Å².